The third kappa shape index (κ3) is 5.10. The van der Waals surface area contributed by atoms with Crippen LogP contribution in [0, 0.1) is 19.8 Å². The number of hydrogen-bond donors (Lipinski definition) is 1. The van der Waals surface area contributed by atoms with Gasteiger partial charge in [0.15, 0.2) is 0 Å². The number of carbonyl (C=O) groups excluding carboxylic acids is 2. The number of halogens is 1. The molecule has 180 valence electrons. The van der Waals surface area contributed by atoms with E-state index in [0.29, 0.717) is 41.5 Å². The summed E-state index contributed by atoms with van der Waals surface area (Å²) in [7, 11) is -3.95. The lowest BCUT2D eigenvalue weighted by Gasteiger charge is -2.30. The molecule has 0 atom stereocenters. The van der Waals surface area contributed by atoms with Crippen molar-refractivity contribution >= 4 is 39.2 Å². The van der Waals surface area contributed by atoms with Crippen LogP contribution >= 0.6 is 11.6 Å². The van der Waals surface area contributed by atoms with Crippen molar-refractivity contribution in [3.05, 3.63) is 46.2 Å². The maximum Gasteiger partial charge on any atom is 0.341 e. The lowest BCUT2D eigenvalue weighted by molar-refractivity contribution is -0.120. The van der Waals surface area contributed by atoms with Crippen LogP contribution in [0.15, 0.2) is 29.2 Å². The highest BCUT2D eigenvalue weighted by Crippen LogP contribution is 2.32. The zero-order chi connectivity index (χ0) is 24.3. The lowest BCUT2D eigenvalue weighted by atomic mass is 9.97. The molecule has 0 bridgehead atoms. The maximum atomic E-state index is 13.6. The zero-order valence-electron chi connectivity index (χ0n) is 19.4. The van der Waals surface area contributed by atoms with Crippen LogP contribution in [0.3, 0.4) is 0 Å². The van der Waals surface area contributed by atoms with E-state index in [-0.39, 0.29) is 42.0 Å². The van der Waals surface area contributed by atoms with Crippen LogP contribution in [0.1, 0.15) is 48.4 Å². The summed E-state index contributed by atoms with van der Waals surface area (Å²) in [5.41, 5.74) is 1.83. The second-order valence-corrected chi connectivity index (χ2v) is 10.3. The van der Waals surface area contributed by atoms with Crippen molar-refractivity contribution in [2.75, 3.05) is 25.0 Å². The molecule has 0 saturated carbocycles. The molecule has 1 aliphatic rings. The Morgan fingerprint density at radius 1 is 1.09 bits per heavy atom. The highest BCUT2D eigenvalue weighted by atomic mass is 35.5. The van der Waals surface area contributed by atoms with E-state index in [1.165, 1.54) is 4.31 Å². The van der Waals surface area contributed by atoms with Crippen molar-refractivity contribution < 1.29 is 22.7 Å². The van der Waals surface area contributed by atoms with E-state index in [1.807, 2.05) is 11.5 Å². The summed E-state index contributed by atoms with van der Waals surface area (Å²) in [6.45, 7) is 8.10. The SMILES string of the molecule is CCOC(=O)c1c(S(=O)(=O)N2CCC(C(=O)Nc3ccc(Cl)cc3)CC2)c(C)n(CC)c1C. The number of rotatable bonds is 7. The standard InChI is InChI=1S/C23H30ClN3O5S/c1-5-27-15(3)20(23(29)32-6-2)21(16(27)4)33(30,31)26-13-11-17(12-14-26)22(28)25-19-9-7-18(24)8-10-19/h7-10,17H,5-6,11-14H2,1-4H3,(H,25,28). The van der Waals surface area contributed by atoms with E-state index >= 15 is 0 Å². The van der Waals surface area contributed by atoms with E-state index in [0.717, 1.165) is 0 Å². The molecule has 8 nitrogen and oxygen atoms in total. The van der Waals surface area contributed by atoms with E-state index in [2.05, 4.69) is 5.32 Å². The fraction of sp³-hybridized carbons (Fsp3) is 0.478. The normalized spacial score (nSPS) is 15.4. The van der Waals surface area contributed by atoms with Gasteiger partial charge in [0.1, 0.15) is 10.5 Å². The number of esters is 1. The molecule has 1 N–H and O–H groups in total. The summed E-state index contributed by atoms with van der Waals surface area (Å²) in [5, 5.41) is 3.44. The Labute approximate surface area is 199 Å². The number of piperidine rings is 1. The second kappa shape index (κ2) is 10.3. The second-order valence-electron chi connectivity index (χ2n) is 8.01. The number of amides is 1. The van der Waals surface area contributed by atoms with Crippen LogP contribution in [0.5, 0.6) is 0 Å². The first kappa shape index (κ1) is 25.3. The summed E-state index contributed by atoms with van der Waals surface area (Å²) in [4.78, 5) is 25.3. The van der Waals surface area contributed by atoms with Gasteiger partial charge in [0, 0.05) is 47.7 Å². The third-order valence-corrected chi connectivity index (χ3v) is 8.37. The van der Waals surface area contributed by atoms with Crippen molar-refractivity contribution in [1.29, 1.82) is 0 Å². The van der Waals surface area contributed by atoms with E-state index in [9.17, 15) is 18.0 Å². The number of aromatic nitrogens is 1. The molecule has 1 aliphatic heterocycles. The molecule has 3 rings (SSSR count). The molecule has 2 aromatic rings. The predicted octanol–water partition coefficient (Wildman–Crippen LogP) is 3.99. The summed E-state index contributed by atoms with van der Waals surface area (Å²) < 4.78 is 35.6. The minimum absolute atomic E-state index is 0.00404. The number of sulfonamides is 1. The number of hydrogen-bond acceptors (Lipinski definition) is 5. The lowest BCUT2D eigenvalue weighted by Crippen LogP contribution is -2.41. The molecule has 0 unspecified atom stereocenters. The Hall–Kier alpha value is -2.36. The molecular formula is C23H30ClN3O5S. The van der Waals surface area contributed by atoms with Gasteiger partial charge in [0.2, 0.25) is 15.9 Å². The van der Waals surface area contributed by atoms with Crippen molar-refractivity contribution in [2.45, 2.75) is 52.0 Å². The average molecular weight is 496 g/mol. The van der Waals surface area contributed by atoms with Crippen LogP contribution in [0.2, 0.25) is 5.02 Å². The van der Waals surface area contributed by atoms with Gasteiger partial charge in [0.05, 0.1) is 6.61 Å². The van der Waals surface area contributed by atoms with Crippen molar-refractivity contribution in [3.8, 4) is 0 Å². The molecule has 1 amide bonds. The zero-order valence-corrected chi connectivity index (χ0v) is 20.9. The number of ether oxygens (including phenoxy) is 1. The van der Waals surface area contributed by atoms with Gasteiger partial charge in [-0.15, -0.1) is 0 Å². The van der Waals surface area contributed by atoms with Crippen molar-refractivity contribution in [2.24, 2.45) is 5.92 Å². The predicted molar refractivity (Wildman–Crippen MR) is 127 cm³/mol. The Balaban J connectivity index is 1.79. The Bertz CT molecular complexity index is 1130. The Kier molecular flexibility index (Phi) is 7.87. The van der Waals surface area contributed by atoms with E-state index in [4.69, 9.17) is 16.3 Å². The highest BCUT2D eigenvalue weighted by Gasteiger charge is 2.38. The molecule has 0 spiro atoms. The first-order valence-electron chi connectivity index (χ1n) is 11.0. The molecule has 10 heteroatoms. The summed E-state index contributed by atoms with van der Waals surface area (Å²) in [6, 6.07) is 6.83. The highest BCUT2D eigenvalue weighted by molar-refractivity contribution is 7.89. The summed E-state index contributed by atoms with van der Waals surface area (Å²) in [5.74, 6) is -1.09. The Morgan fingerprint density at radius 3 is 2.24 bits per heavy atom. The van der Waals surface area contributed by atoms with Crippen molar-refractivity contribution in [3.63, 3.8) is 0 Å². The largest absolute Gasteiger partial charge is 0.462 e. The van der Waals surface area contributed by atoms with Crippen LogP contribution in [0.4, 0.5) is 5.69 Å². The van der Waals surface area contributed by atoms with E-state index in [1.54, 1.807) is 45.0 Å². The smallest absolute Gasteiger partial charge is 0.341 e. The first-order valence-corrected chi connectivity index (χ1v) is 12.9. The van der Waals surface area contributed by atoms with Gasteiger partial charge >= 0.3 is 5.97 Å². The molecule has 1 aromatic carbocycles. The van der Waals surface area contributed by atoms with Gasteiger partial charge in [0.25, 0.3) is 0 Å². The minimum atomic E-state index is -3.95. The molecular weight excluding hydrogens is 466 g/mol. The third-order valence-electron chi connectivity index (χ3n) is 6.06. The average Bonchev–Trinajstić information content (AvgIpc) is 3.05. The van der Waals surface area contributed by atoms with Gasteiger partial charge < -0.3 is 14.6 Å². The molecule has 1 saturated heterocycles. The fourth-order valence-electron chi connectivity index (χ4n) is 4.35. The summed E-state index contributed by atoms with van der Waals surface area (Å²) >= 11 is 5.88. The van der Waals surface area contributed by atoms with E-state index < -0.39 is 16.0 Å². The van der Waals surface area contributed by atoms with Gasteiger partial charge in [-0.25, -0.2) is 13.2 Å². The molecule has 1 fully saturated rings. The van der Waals surface area contributed by atoms with Gasteiger partial charge in [-0.05, 0) is 64.8 Å². The molecule has 0 aliphatic carbocycles. The summed E-state index contributed by atoms with van der Waals surface area (Å²) in [6.07, 6.45) is 0.778. The van der Waals surface area contributed by atoms with Gasteiger partial charge in [-0.2, -0.15) is 4.31 Å². The quantitative estimate of drug-likeness (QED) is 0.585. The number of nitrogens with one attached hydrogen (secondary N) is 1. The van der Waals surface area contributed by atoms with Crippen LogP contribution in [-0.4, -0.2) is 48.9 Å². The van der Waals surface area contributed by atoms with Crippen LogP contribution < -0.4 is 5.32 Å². The number of nitrogens with zero attached hydrogens (tertiary/aromatic N) is 2. The number of benzene rings is 1. The monoisotopic (exact) mass is 495 g/mol. The molecule has 33 heavy (non-hydrogen) atoms. The molecule has 0 radical (unpaired) electrons. The maximum absolute atomic E-state index is 13.6. The fourth-order valence-corrected chi connectivity index (χ4v) is 6.40. The molecule has 2 heterocycles. The number of carbonyl (C=O) groups is 2. The van der Waals surface area contributed by atoms with Crippen LogP contribution in [-0.2, 0) is 26.1 Å². The molecule has 1 aromatic heterocycles. The number of anilines is 1. The van der Waals surface area contributed by atoms with Gasteiger partial charge in [-0.1, -0.05) is 11.6 Å². The topological polar surface area (TPSA) is 97.7 Å². The minimum Gasteiger partial charge on any atom is -0.462 e. The Morgan fingerprint density at radius 2 is 1.70 bits per heavy atom. The van der Waals surface area contributed by atoms with Crippen molar-refractivity contribution in [1.82, 2.24) is 8.87 Å². The van der Waals surface area contributed by atoms with Gasteiger partial charge in [-0.3, -0.25) is 4.79 Å². The van der Waals surface area contributed by atoms with Crippen LogP contribution in [0.25, 0.3) is 0 Å². The first-order chi connectivity index (χ1) is 15.6.